The van der Waals surface area contributed by atoms with Crippen LogP contribution in [0.5, 0.6) is 0 Å². The number of likely N-dealkylation sites (tertiary alicyclic amines) is 1. The zero-order valence-electron chi connectivity index (χ0n) is 14.9. The van der Waals surface area contributed by atoms with Crippen LogP contribution in [0.3, 0.4) is 0 Å². The summed E-state index contributed by atoms with van der Waals surface area (Å²) in [6.45, 7) is 5.54. The molecule has 0 bridgehead atoms. The number of nitrogens with zero attached hydrogens (tertiary/aromatic N) is 3. The highest BCUT2D eigenvalue weighted by molar-refractivity contribution is 5.76. The minimum absolute atomic E-state index is 0.158. The predicted octanol–water partition coefficient (Wildman–Crippen LogP) is 3.43. The van der Waals surface area contributed by atoms with Gasteiger partial charge < -0.3 is 13.8 Å². The fourth-order valence-electron chi connectivity index (χ4n) is 3.72. The molecule has 1 saturated heterocycles. The lowest BCUT2D eigenvalue weighted by atomic mass is 9.97. The van der Waals surface area contributed by atoms with E-state index in [4.69, 9.17) is 8.94 Å². The molecule has 2 aromatic rings. The van der Waals surface area contributed by atoms with E-state index in [9.17, 15) is 4.79 Å². The summed E-state index contributed by atoms with van der Waals surface area (Å²) in [6.07, 6.45) is 4.34. The van der Waals surface area contributed by atoms with Gasteiger partial charge in [0.15, 0.2) is 5.82 Å². The van der Waals surface area contributed by atoms with Crippen LogP contribution in [0.25, 0.3) is 0 Å². The molecular weight excluding hydrogens is 318 g/mol. The van der Waals surface area contributed by atoms with E-state index in [1.807, 2.05) is 17.9 Å². The molecule has 0 radical (unpaired) electrons. The number of hydrogen-bond donors (Lipinski definition) is 0. The Morgan fingerprint density at radius 3 is 2.96 bits per heavy atom. The van der Waals surface area contributed by atoms with Crippen molar-refractivity contribution in [3.05, 3.63) is 35.4 Å². The molecule has 3 unspecified atom stereocenters. The van der Waals surface area contributed by atoms with Crippen molar-refractivity contribution >= 4 is 5.91 Å². The number of rotatable bonds is 5. The summed E-state index contributed by atoms with van der Waals surface area (Å²) in [6, 6.07) is 4.09. The number of furan rings is 1. The maximum absolute atomic E-state index is 12.6. The Balaban J connectivity index is 1.30. The molecular formula is C19H25N3O3. The van der Waals surface area contributed by atoms with Gasteiger partial charge in [-0.15, -0.1) is 0 Å². The number of aryl methyl sites for hydroxylation is 2. The van der Waals surface area contributed by atoms with E-state index in [0.717, 1.165) is 36.8 Å². The lowest BCUT2D eigenvalue weighted by molar-refractivity contribution is -0.132. The largest absolute Gasteiger partial charge is 0.466 e. The van der Waals surface area contributed by atoms with Gasteiger partial charge in [-0.2, -0.15) is 4.98 Å². The van der Waals surface area contributed by atoms with Crippen molar-refractivity contribution in [1.29, 1.82) is 0 Å². The highest BCUT2D eigenvalue weighted by Crippen LogP contribution is 2.47. The number of hydrogen-bond acceptors (Lipinski definition) is 5. The lowest BCUT2D eigenvalue weighted by Gasteiger charge is -2.31. The van der Waals surface area contributed by atoms with Crippen molar-refractivity contribution in [2.75, 3.05) is 13.1 Å². The average molecular weight is 343 g/mol. The van der Waals surface area contributed by atoms with Crippen molar-refractivity contribution < 1.29 is 13.7 Å². The molecule has 25 heavy (non-hydrogen) atoms. The fourth-order valence-corrected chi connectivity index (χ4v) is 3.72. The Kier molecular flexibility index (Phi) is 4.36. The first-order chi connectivity index (χ1) is 12.1. The molecule has 1 saturated carbocycles. The molecule has 134 valence electrons. The lowest BCUT2D eigenvalue weighted by Crippen LogP contribution is -2.39. The Hall–Kier alpha value is -2.11. The quantitative estimate of drug-likeness (QED) is 0.831. The van der Waals surface area contributed by atoms with E-state index in [-0.39, 0.29) is 11.8 Å². The van der Waals surface area contributed by atoms with E-state index in [0.29, 0.717) is 37.0 Å². The Labute approximate surface area is 147 Å². The van der Waals surface area contributed by atoms with E-state index in [2.05, 4.69) is 23.1 Å². The summed E-state index contributed by atoms with van der Waals surface area (Å²) in [5.41, 5.74) is 0. The standard InChI is InChI=1S/C19H25N3O3/c1-12-10-16(12)17-7-5-15(24-17)6-8-18(23)22-9-3-4-14(11-22)19-20-13(2)21-25-19/h5,7,12,14,16H,3-4,6,8-11H2,1-2H3. The Morgan fingerprint density at radius 1 is 1.40 bits per heavy atom. The van der Waals surface area contributed by atoms with Gasteiger partial charge in [-0.3, -0.25) is 4.79 Å². The van der Waals surface area contributed by atoms with Gasteiger partial charge in [0.05, 0.1) is 5.92 Å². The third-order valence-electron chi connectivity index (χ3n) is 5.41. The molecule has 6 nitrogen and oxygen atoms in total. The second-order valence-corrected chi connectivity index (χ2v) is 7.48. The molecule has 1 amide bonds. The van der Waals surface area contributed by atoms with Crippen LogP contribution < -0.4 is 0 Å². The van der Waals surface area contributed by atoms with Crippen LogP contribution in [-0.4, -0.2) is 34.0 Å². The molecule has 2 fully saturated rings. The second-order valence-electron chi connectivity index (χ2n) is 7.48. The zero-order chi connectivity index (χ0) is 17.4. The molecule has 0 spiro atoms. The first kappa shape index (κ1) is 16.4. The molecule has 6 heteroatoms. The highest BCUT2D eigenvalue weighted by atomic mass is 16.5. The van der Waals surface area contributed by atoms with Crippen LogP contribution in [0.2, 0.25) is 0 Å². The number of amides is 1. The van der Waals surface area contributed by atoms with Gasteiger partial charge in [-0.05, 0) is 44.2 Å². The van der Waals surface area contributed by atoms with Crippen molar-refractivity contribution in [2.24, 2.45) is 5.92 Å². The Morgan fingerprint density at radius 2 is 2.24 bits per heavy atom. The SMILES string of the molecule is Cc1noc(C2CCCN(C(=O)CCc3ccc(C4CC4C)o3)C2)n1. The summed E-state index contributed by atoms with van der Waals surface area (Å²) >= 11 is 0. The average Bonchev–Trinajstić information content (AvgIpc) is 3.02. The zero-order valence-corrected chi connectivity index (χ0v) is 14.9. The van der Waals surface area contributed by atoms with Crippen LogP contribution in [0.1, 0.15) is 67.7 Å². The van der Waals surface area contributed by atoms with Crippen LogP contribution in [0, 0.1) is 12.8 Å². The van der Waals surface area contributed by atoms with Gasteiger partial charge in [-0.1, -0.05) is 12.1 Å². The van der Waals surface area contributed by atoms with Gasteiger partial charge in [0.2, 0.25) is 11.8 Å². The summed E-state index contributed by atoms with van der Waals surface area (Å²) in [4.78, 5) is 18.8. The Bertz CT molecular complexity index is 751. The van der Waals surface area contributed by atoms with Crippen LogP contribution in [0.15, 0.2) is 21.1 Å². The third-order valence-corrected chi connectivity index (χ3v) is 5.41. The summed E-state index contributed by atoms with van der Waals surface area (Å²) in [5.74, 6) is 4.97. The summed E-state index contributed by atoms with van der Waals surface area (Å²) < 4.78 is 11.2. The molecule has 3 atom stereocenters. The monoisotopic (exact) mass is 343 g/mol. The van der Waals surface area contributed by atoms with Gasteiger partial charge >= 0.3 is 0 Å². The minimum atomic E-state index is 0.158. The topological polar surface area (TPSA) is 72.4 Å². The summed E-state index contributed by atoms with van der Waals surface area (Å²) in [5, 5.41) is 3.86. The van der Waals surface area contributed by atoms with E-state index in [1.54, 1.807) is 0 Å². The number of carbonyl (C=O) groups excluding carboxylic acids is 1. The first-order valence-corrected chi connectivity index (χ1v) is 9.26. The van der Waals surface area contributed by atoms with Crippen LogP contribution >= 0.6 is 0 Å². The van der Waals surface area contributed by atoms with Gasteiger partial charge in [0.1, 0.15) is 11.5 Å². The second kappa shape index (κ2) is 6.65. The van der Waals surface area contributed by atoms with Crippen molar-refractivity contribution in [3.63, 3.8) is 0 Å². The van der Waals surface area contributed by atoms with Crippen molar-refractivity contribution in [2.45, 2.75) is 57.8 Å². The van der Waals surface area contributed by atoms with Crippen LogP contribution in [-0.2, 0) is 11.2 Å². The minimum Gasteiger partial charge on any atom is -0.466 e. The van der Waals surface area contributed by atoms with Crippen molar-refractivity contribution in [3.8, 4) is 0 Å². The van der Waals surface area contributed by atoms with Gasteiger partial charge in [0, 0.05) is 31.8 Å². The molecule has 2 aromatic heterocycles. The third kappa shape index (κ3) is 3.62. The maximum Gasteiger partial charge on any atom is 0.231 e. The molecule has 3 heterocycles. The molecule has 2 aliphatic rings. The summed E-state index contributed by atoms with van der Waals surface area (Å²) in [7, 11) is 0. The highest BCUT2D eigenvalue weighted by Gasteiger charge is 2.36. The molecule has 1 aliphatic heterocycles. The first-order valence-electron chi connectivity index (χ1n) is 9.26. The van der Waals surface area contributed by atoms with Gasteiger partial charge in [-0.25, -0.2) is 0 Å². The van der Waals surface area contributed by atoms with Crippen molar-refractivity contribution in [1.82, 2.24) is 15.0 Å². The van der Waals surface area contributed by atoms with E-state index < -0.39 is 0 Å². The number of piperidine rings is 1. The van der Waals surface area contributed by atoms with Gasteiger partial charge in [0.25, 0.3) is 0 Å². The molecule has 4 rings (SSSR count). The molecule has 1 aliphatic carbocycles. The van der Waals surface area contributed by atoms with Crippen LogP contribution in [0.4, 0.5) is 0 Å². The predicted molar refractivity (Wildman–Crippen MR) is 91.1 cm³/mol. The number of carbonyl (C=O) groups is 1. The van der Waals surface area contributed by atoms with E-state index in [1.165, 1.54) is 6.42 Å². The van der Waals surface area contributed by atoms with E-state index >= 15 is 0 Å². The normalized spacial score (nSPS) is 26.0. The maximum atomic E-state index is 12.6. The number of aromatic nitrogens is 2. The smallest absolute Gasteiger partial charge is 0.231 e. The fraction of sp³-hybridized carbons (Fsp3) is 0.632. The molecule has 0 N–H and O–H groups in total. The molecule has 0 aromatic carbocycles.